The van der Waals surface area contributed by atoms with Crippen molar-refractivity contribution in [1.82, 2.24) is 19.4 Å². The molecule has 2 heterocycles. The summed E-state index contributed by atoms with van der Waals surface area (Å²) in [4.78, 5) is 11.1. The fourth-order valence-corrected chi connectivity index (χ4v) is 2.06. The molecule has 0 aliphatic heterocycles. The first kappa shape index (κ1) is 12.8. The van der Waals surface area contributed by atoms with E-state index >= 15 is 0 Å². The van der Waals surface area contributed by atoms with E-state index in [2.05, 4.69) is 34.0 Å². The Kier molecular flexibility index (Phi) is 4.15. The van der Waals surface area contributed by atoms with Gasteiger partial charge in [0.2, 0.25) is 0 Å². The van der Waals surface area contributed by atoms with E-state index in [0.717, 1.165) is 43.0 Å². The van der Waals surface area contributed by atoms with Crippen LogP contribution < -0.4 is 5.32 Å². The molecule has 1 N–H and O–H groups in total. The molecule has 0 spiro atoms. The zero-order valence-corrected chi connectivity index (χ0v) is 11.3. The molecule has 0 radical (unpaired) electrons. The van der Waals surface area contributed by atoms with E-state index < -0.39 is 0 Å². The second kappa shape index (κ2) is 5.82. The Morgan fingerprint density at radius 1 is 1.28 bits per heavy atom. The highest BCUT2D eigenvalue weighted by Crippen LogP contribution is 2.17. The number of hydrogen-bond acceptors (Lipinski definition) is 4. The normalized spacial score (nSPS) is 11.3. The Morgan fingerprint density at radius 3 is 2.78 bits per heavy atom. The van der Waals surface area contributed by atoms with E-state index in [1.807, 2.05) is 30.2 Å². The number of aryl methyl sites for hydroxylation is 1. The molecule has 0 bridgehead atoms. The molecule has 5 heteroatoms. The number of hydrogen-bond donors (Lipinski definition) is 1. The Labute approximate surface area is 108 Å². The van der Waals surface area contributed by atoms with Crippen molar-refractivity contribution in [3.63, 3.8) is 0 Å². The summed E-state index contributed by atoms with van der Waals surface area (Å²) in [7, 11) is 2.00. The zero-order chi connectivity index (χ0) is 13.0. The lowest BCUT2D eigenvalue weighted by atomic mass is 10.3. The molecule has 0 atom stereocenters. The fraction of sp³-hybridized carbons (Fsp3) is 0.538. The highest BCUT2D eigenvalue weighted by Gasteiger charge is 2.06. The number of anilines is 1. The number of aromatic nitrogens is 3. The van der Waals surface area contributed by atoms with Gasteiger partial charge in [0.15, 0.2) is 5.82 Å². The lowest BCUT2D eigenvalue weighted by Crippen LogP contribution is -2.28. The van der Waals surface area contributed by atoms with Crippen LogP contribution in [0, 0.1) is 0 Å². The molecule has 0 saturated carbocycles. The first-order valence-corrected chi connectivity index (χ1v) is 6.48. The van der Waals surface area contributed by atoms with Gasteiger partial charge in [0.25, 0.3) is 0 Å². The van der Waals surface area contributed by atoms with Crippen molar-refractivity contribution in [3.8, 4) is 0 Å². The first-order valence-electron chi connectivity index (χ1n) is 6.48. The summed E-state index contributed by atoms with van der Waals surface area (Å²) >= 11 is 0. The second-order valence-electron chi connectivity index (χ2n) is 4.34. The molecular formula is C13H21N5. The van der Waals surface area contributed by atoms with Crippen LogP contribution in [0.1, 0.15) is 13.8 Å². The molecule has 98 valence electrons. The predicted octanol–water partition coefficient (Wildman–Crippen LogP) is 1.72. The van der Waals surface area contributed by atoms with Crippen molar-refractivity contribution in [2.75, 3.05) is 31.5 Å². The van der Waals surface area contributed by atoms with Crippen molar-refractivity contribution in [3.05, 3.63) is 18.6 Å². The summed E-state index contributed by atoms with van der Waals surface area (Å²) in [5.41, 5.74) is 2.05. The SMILES string of the molecule is CCN(CC)CCNc1nccc2c1ncn2C. The Hall–Kier alpha value is -1.62. The smallest absolute Gasteiger partial charge is 0.154 e. The molecule has 18 heavy (non-hydrogen) atoms. The minimum Gasteiger partial charge on any atom is -0.367 e. The number of pyridine rings is 1. The highest BCUT2D eigenvalue weighted by molar-refractivity contribution is 5.85. The molecule has 0 aromatic carbocycles. The van der Waals surface area contributed by atoms with Gasteiger partial charge in [-0.1, -0.05) is 13.8 Å². The molecule has 0 saturated heterocycles. The summed E-state index contributed by atoms with van der Waals surface area (Å²) in [6.07, 6.45) is 3.64. The van der Waals surface area contributed by atoms with Crippen LogP contribution in [-0.2, 0) is 7.05 Å². The van der Waals surface area contributed by atoms with Crippen molar-refractivity contribution in [1.29, 1.82) is 0 Å². The summed E-state index contributed by atoms with van der Waals surface area (Å²) in [5.74, 6) is 0.875. The molecule has 2 aromatic heterocycles. The third-order valence-electron chi connectivity index (χ3n) is 3.26. The van der Waals surface area contributed by atoms with Crippen molar-refractivity contribution < 1.29 is 0 Å². The largest absolute Gasteiger partial charge is 0.367 e. The zero-order valence-electron chi connectivity index (χ0n) is 11.3. The molecule has 2 rings (SSSR count). The summed E-state index contributed by atoms with van der Waals surface area (Å²) in [6, 6.07) is 1.98. The predicted molar refractivity (Wildman–Crippen MR) is 74.8 cm³/mol. The topological polar surface area (TPSA) is 46.0 Å². The highest BCUT2D eigenvalue weighted by atomic mass is 15.1. The van der Waals surface area contributed by atoms with Gasteiger partial charge < -0.3 is 14.8 Å². The number of imidazole rings is 1. The average Bonchev–Trinajstić information content (AvgIpc) is 2.78. The summed E-state index contributed by atoms with van der Waals surface area (Å²) in [5, 5.41) is 3.37. The van der Waals surface area contributed by atoms with Gasteiger partial charge in [0, 0.05) is 26.3 Å². The van der Waals surface area contributed by atoms with E-state index in [1.54, 1.807) is 0 Å². The monoisotopic (exact) mass is 247 g/mol. The molecule has 0 fully saturated rings. The van der Waals surface area contributed by atoms with Gasteiger partial charge in [-0.25, -0.2) is 9.97 Å². The summed E-state index contributed by atoms with van der Waals surface area (Å²) in [6.45, 7) is 8.45. The molecular weight excluding hydrogens is 226 g/mol. The minimum absolute atomic E-state index is 0.875. The van der Waals surface area contributed by atoms with Gasteiger partial charge in [0.1, 0.15) is 5.52 Å². The van der Waals surface area contributed by atoms with Crippen molar-refractivity contribution in [2.24, 2.45) is 7.05 Å². The number of nitrogens with one attached hydrogen (secondary N) is 1. The molecule has 0 aliphatic carbocycles. The Balaban J connectivity index is 2.03. The third-order valence-corrected chi connectivity index (χ3v) is 3.26. The number of fused-ring (bicyclic) bond motifs is 1. The van der Waals surface area contributed by atoms with Gasteiger partial charge >= 0.3 is 0 Å². The maximum absolute atomic E-state index is 4.38. The van der Waals surface area contributed by atoms with Crippen LogP contribution in [0.25, 0.3) is 11.0 Å². The Morgan fingerprint density at radius 2 is 2.06 bits per heavy atom. The van der Waals surface area contributed by atoms with Crippen LogP contribution >= 0.6 is 0 Å². The van der Waals surface area contributed by atoms with Crippen LogP contribution in [0.5, 0.6) is 0 Å². The molecule has 2 aromatic rings. The van der Waals surface area contributed by atoms with Gasteiger partial charge in [0.05, 0.1) is 11.8 Å². The number of rotatable bonds is 6. The summed E-state index contributed by atoms with van der Waals surface area (Å²) < 4.78 is 2.01. The minimum atomic E-state index is 0.875. The van der Waals surface area contributed by atoms with Gasteiger partial charge in [-0.2, -0.15) is 0 Å². The first-order chi connectivity index (χ1) is 8.76. The molecule has 5 nitrogen and oxygen atoms in total. The van der Waals surface area contributed by atoms with Crippen molar-refractivity contribution in [2.45, 2.75) is 13.8 Å². The van der Waals surface area contributed by atoms with Crippen LogP contribution in [0.3, 0.4) is 0 Å². The standard InChI is InChI=1S/C13H21N5/c1-4-18(5-2)9-8-15-13-12-11(6-7-14-13)17(3)10-16-12/h6-7,10H,4-5,8-9H2,1-3H3,(H,14,15). The molecule has 0 unspecified atom stereocenters. The maximum atomic E-state index is 4.38. The quantitative estimate of drug-likeness (QED) is 0.844. The van der Waals surface area contributed by atoms with Gasteiger partial charge in [-0.15, -0.1) is 0 Å². The van der Waals surface area contributed by atoms with E-state index in [-0.39, 0.29) is 0 Å². The van der Waals surface area contributed by atoms with Crippen LogP contribution in [0.2, 0.25) is 0 Å². The van der Waals surface area contributed by atoms with Crippen LogP contribution in [-0.4, -0.2) is 45.6 Å². The lowest BCUT2D eigenvalue weighted by molar-refractivity contribution is 0.316. The Bertz CT molecular complexity index is 501. The van der Waals surface area contributed by atoms with Crippen molar-refractivity contribution >= 4 is 16.9 Å². The third kappa shape index (κ3) is 2.61. The van der Waals surface area contributed by atoms with E-state index in [9.17, 15) is 0 Å². The van der Waals surface area contributed by atoms with E-state index in [1.165, 1.54) is 0 Å². The van der Waals surface area contributed by atoms with Crippen LogP contribution in [0.15, 0.2) is 18.6 Å². The van der Waals surface area contributed by atoms with E-state index in [0.29, 0.717) is 0 Å². The number of nitrogens with zero attached hydrogens (tertiary/aromatic N) is 4. The number of likely N-dealkylation sites (N-methyl/N-ethyl adjacent to an activating group) is 1. The average molecular weight is 247 g/mol. The molecule has 0 aliphatic rings. The molecule has 0 amide bonds. The van der Waals surface area contributed by atoms with E-state index in [4.69, 9.17) is 0 Å². The van der Waals surface area contributed by atoms with Crippen LogP contribution in [0.4, 0.5) is 5.82 Å². The van der Waals surface area contributed by atoms with Gasteiger partial charge in [-0.05, 0) is 19.2 Å². The second-order valence-corrected chi connectivity index (χ2v) is 4.34. The van der Waals surface area contributed by atoms with Gasteiger partial charge in [-0.3, -0.25) is 0 Å². The maximum Gasteiger partial charge on any atom is 0.154 e. The fourth-order valence-electron chi connectivity index (χ4n) is 2.06. The lowest BCUT2D eigenvalue weighted by Gasteiger charge is -2.18.